The third kappa shape index (κ3) is 2.70. The molecule has 0 fully saturated rings. The third-order valence-electron chi connectivity index (χ3n) is 1.79. The lowest BCUT2D eigenvalue weighted by Gasteiger charge is -2.14. The first-order chi connectivity index (χ1) is 7.29. The molecule has 0 unspecified atom stereocenters. The number of carbonyl (C=O) groups excluding carboxylic acids is 1. The van der Waals surface area contributed by atoms with Gasteiger partial charge in [-0.05, 0) is 12.1 Å². The quantitative estimate of drug-likeness (QED) is 0.572. The minimum Gasteiger partial charge on any atom is -0.293 e. The molecule has 0 bridgehead atoms. The van der Waals surface area contributed by atoms with Gasteiger partial charge in [-0.3, -0.25) is 4.79 Å². The van der Waals surface area contributed by atoms with Gasteiger partial charge in [0.1, 0.15) is 0 Å². The van der Waals surface area contributed by atoms with Crippen molar-refractivity contribution in [3.8, 4) is 0 Å². The molecule has 1 nitrogen and oxygen atoms in total. The molecule has 0 aliphatic carbocycles. The van der Waals surface area contributed by atoms with E-state index in [0.717, 1.165) is 6.07 Å². The molecule has 0 saturated carbocycles. The maximum atomic E-state index is 12.7. The van der Waals surface area contributed by atoms with E-state index < -0.39 is 34.0 Å². The van der Waals surface area contributed by atoms with Crippen LogP contribution in [0.3, 0.4) is 0 Å². The molecule has 0 aromatic heterocycles. The van der Waals surface area contributed by atoms with Crippen LogP contribution in [0, 0.1) is 0 Å². The van der Waals surface area contributed by atoms with Gasteiger partial charge in [0.15, 0.2) is 5.78 Å². The molecule has 0 radical (unpaired) electrons. The smallest absolute Gasteiger partial charge is 0.293 e. The first kappa shape index (κ1) is 13.8. The first-order valence-electron chi connectivity index (χ1n) is 3.93. The van der Waals surface area contributed by atoms with Gasteiger partial charge in [-0.15, -0.1) is 11.6 Å². The molecule has 88 valence electrons. The Kier molecular flexibility index (Phi) is 4.26. The Morgan fingerprint density at radius 3 is 2.38 bits per heavy atom. The lowest BCUT2D eigenvalue weighted by atomic mass is 10.0. The number of halogens is 6. The zero-order chi connectivity index (χ0) is 12.5. The minimum atomic E-state index is -4.70. The molecule has 1 rings (SSSR count). The molecule has 0 heterocycles. The SMILES string of the molecule is O=C(CCl)c1c(Br)ccc(Cl)c1C(F)(F)F. The van der Waals surface area contributed by atoms with Crippen LogP contribution in [0.15, 0.2) is 16.6 Å². The van der Waals surface area contributed by atoms with Crippen molar-refractivity contribution < 1.29 is 18.0 Å². The number of hydrogen-bond donors (Lipinski definition) is 0. The van der Waals surface area contributed by atoms with Gasteiger partial charge in [0.25, 0.3) is 0 Å². The highest BCUT2D eigenvalue weighted by atomic mass is 79.9. The van der Waals surface area contributed by atoms with Crippen LogP contribution >= 0.6 is 39.1 Å². The normalized spacial score (nSPS) is 11.6. The first-order valence-corrected chi connectivity index (χ1v) is 5.64. The van der Waals surface area contributed by atoms with Crippen molar-refractivity contribution >= 4 is 44.9 Å². The summed E-state index contributed by atoms with van der Waals surface area (Å²) in [5.74, 6) is -1.37. The topological polar surface area (TPSA) is 17.1 Å². The number of ketones is 1. The van der Waals surface area contributed by atoms with Crippen molar-refractivity contribution in [1.82, 2.24) is 0 Å². The van der Waals surface area contributed by atoms with Crippen molar-refractivity contribution in [2.75, 3.05) is 5.88 Å². The van der Waals surface area contributed by atoms with Crippen LogP contribution in [0.2, 0.25) is 5.02 Å². The van der Waals surface area contributed by atoms with Gasteiger partial charge >= 0.3 is 6.18 Å². The number of carbonyl (C=O) groups is 1. The van der Waals surface area contributed by atoms with Crippen LogP contribution in [-0.2, 0) is 6.18 Å². The van der Waals surface area contributed by atoms with Crippen molar-refractivity contribution in [2.24, 2.45) is 0 Å². The molecule has 0 N–H and O–H groups in total. The number of benzene rings is 1. The van der Waals surface area contributed by atoms with Crippen molar-refractivity contribution in [2.45, 2.75) is 6.18 Å². The van der Waals surface area contributed by atoms with Crippen LogP contribution in [-0.4, -0.2) is 11.7 Å². The summed E-state index contributed by atoms with van der Waals surface area (Å²) in [6.45, 7) is 0. The lowest BCUT2D eigenvalue weighted by molar-refractivity contribution is -0.137. The zero-order valence-corrected chi connectivity index (χ0v) is 10.6. The fourth-order valence-corrected chi connectivity index (χ4v) is 2.12. The summed E-state index contributed by atoms with van der Waals surface area (Å²) in [5.41, 5.74) is -1.69. The van der Waals surface area contributed by atoms with Crippen LogP contribution < -0.4 is 0 Å². The Bertz CT molecular complexity index is 431. The van der Waals surface area contributed by atoms with E-state index in [1.54, 1.807) is 0 Å². The van der Waals surface area contributed by atoms with Gasteiger partial charge < -0.3 is 0 Å². The Balaban J connectivity index is 3.56. The fraction of sp³-hybridized carbons (Fsp3) is 0.222. The van der Waals surface area contributed by atoms with Crippen LogP contribution in [0.4, 0.5) is 13.2 Å². The van der Waals surface area contributed by atoms with Gasteiger partial charge in [-0.25, -0.2) is 0 Å². The van der Waals surface area contributed by atoms with Gasteiger partial charge in [0, 0.05) is 10.0 Å². The summed E-state index contributed by atoms with van der Waals surface area (Å²) in [5, 5.41) is -0.524. The lowest BCUT2D eigenvalue weighted by Crippen LogP contribution is -2.15. The van der Waals surface area contributed by atoms with E-state index >= 15 is 0 Å². The maximum Gasteiger partial charge on any atom is 0.418 e. The second-order valence-corrected chi connectivity index (χ2v) is 4.36. The third-order valence-corrected chi connectivity index (χ3v) is 3.01. The summed E-state index contributed by atoms with van der Waals surface area (Å²) < 4.78 is 38.1. The molecule has 16 heavy (non-hydrogen) atoms. The van der Waals surface area contributed by atoms with E-state index in [4.69, 9.17) is 23.2 Å². The molecule has 0 saturated heterocycles. The molecule has 1 aromatic rings. The second-order valence-electron chi connectivity index (χ2n) is 2.83. The highest BCUT2D eigenvalue weighted by molar-refractivity contribution is 9.10. The van der Waals surface area contributed by atoms with Crippen molar-refractivity contribution in [1.29, 1.82) is 0 Å². The molecule has 0 aliphatic rings. The summed E-state index contributed by atoms with van der Waals surface area (Å²) in [7, 11) is 0. The van der Waals surface area contributed by atoms with E-state index in [0.29, 0.717) is 0 Å². The Morgan fingerprint density at radius 2 is 1.94 bits per heavy atom. The van der Waals surface area contributed by atoms with E-state index in [9.17, 15) is 18.0 Å². The number of rotatable bonds is 2. The summed E-state index contributed by atoms with van der Waals surface area (Å²) in [6.07, 6.45) is -4.70. The van der Waals surface area contributed by atoms with Gasteiger partial charge in [0.2, 0.25) is 0 Å². The van der Waals surface area contributed by atoms with Crippen molar-refractivity contribution in [3.05, 3.63) is 32.8 Å². The summed E-state index contributed by atoms with van der Waals surface area (Å²) in [6, 6.07) is 2.34. The average molecular weight is 336 g/mol. The molecule has 1 aromatic carbocycles. The molecular weight excluding hydrogens is 332 g/mol. The maximum absolute atomic E-state index is 12.7. The molecule has 0 atom stereocenters. The molecular formula is C9H4BrCl2F3O. The van der Waals surface area contributed by atoms with Crippen molar-refractivity contribution in [3.63, 3.8) is 0 Å². The second kappa shape index (κ2) is 4.94. The summed E-state index contributed by atoms with van der Waals surface area (Å²) >= 11 is 13.6. The van der Waals surface area contributed by atoms with Gasteiger partial charge in [0.05, 0.1) is 16.5 Å². The Hall–Kier alpha value is -0.260. The highest BCUT2D eigenvalue weighted by Gasteiger charge is 2.38. The Labute approximate surface area is 108 Å². The van der Waals surface area contributed by atoms with E-state index in [1.165, 1.54) is 6.07 Å². The minimum absolute atomic E-state index is 0.0230. The fourth-order valence-electron chi connectivity index (χ4n) is 1.17. The monoisotopic (exact) mass is 334 g/mol. The van der Waals surface area contributed by atoms with Crippen LogP contribution in [0.5, 0.6) is 0 Å². The Morgan fingerprint density at radius 1 is 1.38 bits per heavy atom. The summed E-state index contributed by atoms with van der Waals surface area (Å²) in [4.78, 5) is 11.3. The van der Waals surface area contributed by atoms with Gasteiger partial charge in [-0.2, -0.15) is 13.2 Å². The van der Waals surface area contributed by atoms with E-state index in [-0.39, 0.29) is 4.47 Å². The molecule has 7 heteroatoms. The van der Waals surface area contributed by atoms with Crippen LogP contribution in [0.25, 0.3) is 0 Å². The highest BCUT2D eigenvalue weighted by Crippen LogP contribution is 2.40. The molecule has 0 aliphatic heterocycles. The van der Waals surface area contributed by atoms with Gasteiger partial charge in [-0.1, -0.05) is 27.5 Å². The average Bonchev–Trinajstić information content (AvgIpc) is 2.18. The van der Waals surface area contributed by atoms with E-state index in [2.05, 4.69) is 15.9 Å². The predicted octanol–water partition coefficient (Wildman–Crippen LogP) is 4.54. The predicted molar refractivity (Wildman–Crippen MR) is 59.2 cm³/mol. The standard InChI is InChI=1S/C9H4BrCl2F3O/c10-4-1-2-5(12)8(9(13,14)15)7(4)6(16)3-11/h1-2H,3H2. The molecule has 0 amide bonds. The largest absolute Gasteiger partial charge is 0.418 e. The van der Waals surface area contributed by atoms with E-state index in [1.807, 2.05) is 0 Å². The zero-order valence-electron chi connectivity index (χ0n) is 7.54. The molecule has 0 spiro atoms. The number of hydrogen-bond acceptors (Lipinski definition) is 1. The number of Topliss-reactive ketones (excluding diaryl/α,β-unsaturated/α-hetero) is 1. The van der Waals surface area contributed by atoms with Crippen LogP contribution in [0.1, 0.15) is 15.9 Å². The number of alkyl halides is 4.